The highest BCUT2D eigenvalue weighted by atomic mass is 35.5. The summed E-state index contributed by atoms with van der Waals surface area (Å²) in [6.07, 6.45) is 0. The van der Waals surface area contributed by atoms with Crippen LogP contribution >= 0.6 is 11.6 Å². The number of aliphatic hydroxyl groups is 2. The van der Waals surface area contributed by atoms with Crippen molar-refractivity contribution in [3.63, 3.8) is 0 Å². The number of hydrogen-bond donors (Lipinski definition) is 3. The van der Waals surface area contributed by atoms with Crippen molar-refractivity contribution in [2.24, 2.45) is 0 Å². The molecular weight excluding hydrogens is 222 g/mol. The van der Waals surface area contributed by atoms with E-state index in [-0.39, 0.29) is 24.2 Å². The van der Waals surface area contributed by atoms with Gasteiger partial charge in [0.25, 0.3) is 5.91 Å². The Balaban J connectivity index is 2.71. The van der Waals surface area contributed by atoms with Crippen LogP contribution in [-0.4, -0.2) is 34.9 Å². The van der Waals surface area contributed by atoms with Gasteiger partial charge in [0.2, 0.25) is 0 Å². The molecule has 3 N–H and O–H groups in total. The third kappa shape index (κ3) is 2.95. The first-order valence-corrected chi connectivity index (χ1v) is 4.68. The number of hydrogen-bond acceptors (Lipinski definition) is 4. The highest BCUT2D eigenvalue weighted by molar-refractivity contribution is 6.29. The number of carbonyl (C=O) groups is 1. The van der Waals surface area contributed by atoms with Gasteiger partial charge in [-0.05, 0) is 30.7 Å². The van der Waals surface area contributed by atoms with Gasteiger partial charge in [-0.2, -0.15) is 0 Å². The molecule has 0 saturated carbocycles. The molecule has 5 nitrogen and oxygen atoms in total. The Morgan fingerprint density at radius 2 is 2.13 bits per heavy atom. The Morgan fingerprint density at radius 1 is 1.53 bits per heavy atom. The molecule has 0 radical (unpaired) electrons. The molecule has 84 valence electrons. The van der Waals surface area contributed by atoms with Gasteiger partial charge in [0.1, 0.15) is 0 Å². The molecule has 0 bridgehead atoms. The largest absolute Gasteiger partial charge is 0.440 e. The van der Waals surface area contributed by atoms with Crippen LogP contribution in [0.1, 0.15) is 17.5 Å². The van der Waals surface area contributed by atoms with Crippen molar-refractivity contribution in [2.45, 2.75) is 12.5 Å². The lowest BCUT2D eigenvalue weighted by Crippen LogP contribution is -2.51. The lowest BCUT2D eigenvalue weighted by atomic mass is 10.1. The molecule has 0 atom stereocenters. The van der Waals surface area contributed by atoms with E-state index < -0.39 is 11.4 Å². The lowest BCUT2D eigenvalue weighted by Gasteiger charge is -2.25. The fraction of sp³-hybridized carbons (Fsp3) is 0.444. The second kappa shape index (κ2) is 4.65. The molecule has 0 fully saturated rings. The maximum absolute atomic E-state index is 11.5. The number of amides is 1. The van der Waals surface area contributed by atoms with Crippen LogP contribution in [0.2, 0.25) is 5.22 Å². The van der Waals surface area contributed by atoms with Gasteiger partial charge in [-0.15, -0.1) is 0 Å². The van der Waals surface area contributed by atoms with Gasteiger partial charge in [0.15, 0.2) is 11.0 Å². The van der Waals surface area contributed by atoms with E-state index in [9.17, 15) is 4.79 Å². The molecule has 1 aromatic heterocycles. The van der Waals surface area contributed by atoms with E-state index in [1.807, 2.05) is 0 Å². The molecule has 1 heterocycles. The van der Waals surface area contributed by atoms with Crippen molar-refractivity contribution in [2.75, 3.05) is 13.2 Å². The summed E-state index contributed by atoms with van der Waals surface area (Å²) in [6.45, 7) is 0.767. The molecule has 1 amide bonds. The number of rotatable bonds is 4. The molecule has 6 heteroatoms. The van der Waals surface area contributed by atoms with Crippen molar-refractivity contribution < 1.29 is 19.4 Å². The van der Waals surface area contributed by atoms with E-state index in [4.69, 9.17) is 26.2 Å². The molecule has 15 heavy (non-hydrogen) atoms. The summed E-state index contributed by atoms with van der Waals surface area (Å²) < 4.78 is 4.87. The van der Waals surface area contributed by atoms with E-state index in [0.29, 0.717) is 0 Å². The maximum atomic E-state index is 11.5. The average molecular weight is 234 g/mol. The average Bonchev–Trinajstić information content (AvgIpc) is 2.65. The molecule has 0 aliphatic heterocycles. The Bertz CT molecular complexity index is 346. The van der Waals surface area contributed by atoms with Crippen LogP contribution in [0.3, 0.4) is 0 Å². The predicted octanol–water partition coefficient (Wildman–Crippen LogP) is 0.406. The Hall–Kier alpha value is -1.04. The number of furan rings is 1. The summed E-state index contributed by atoms with van der Waals surface area (Å²) >= 11 is 5.50. The molecule has 0 saturated heterocycles. The molecule has 0 aliphatic rings. The number of nitrogens with one attached hydrogen (secondary N) is 1. The first-order chi connectivity index (χ1) is 7.00. The third-order valence-electron chi connectivity index (χ3n) is 1.91. The van der Waals surface area contributed by atoms with E-state index >= 15 is 0 Å². The Kier molecular flexibility index (Phi) is 3.73. The molecule has 0 aromatic carbocycles. The second-order valence-corrected chi connectivity index (χ2v) is 3.81. The summed E-state index contributed by atoms with van der Waals surface area (Å²) in [7, 11) is 0. The minimum Gasteiger partial charge on any atom is -0.440 e. The molecule has 0 unspecified atom stereocenters. The van der Waals surface area contributed by atoms with Crippen LogP contribution in [-0.2, 0) is 0 Å². The highest BCUT2D eigenvalue weighted by Crippen LogP contribution is 2.14. The standard InChI is InChI=1S/C9H12ClNO4/c1-9(4-12,5-13)11-8(14)6-2-3-7(10)15-6/h2-3,12-13H,4-5H2,1H3,(H,11,14). The van der Waals surface area contributed by atoms with E-state index in [0.717, 1.165) is 0 Å². The number of halogens is 1. The normalized spacial score (nSPS) is 11.5. The first-order valence-electron chi connectivity index (χ1n) is 4.30. The second-order valence-electron chi connectivity index (χ2n) is 3.43. The van der Waals surface area contributed by atoms with E-state index in [1.54, 1.807) is 0 Å². The van der Waals surface area contributed by atoms with E-state index in [2.05, 4.69) is 5.32 Å². The fourth-order valence-corrected chi connectivity index (χ4v) is 1.05. The van der Waals surface area contributed by atoms with Gasteiger partial charge in [0, 0.05) is 0 Å². The molecule has 0 aliphatic carbocycles. The summed E-state index contributed by atoms with van der Waals surface area (Å²) in [5.41, 5.74) is -1.07. The van der Waals surface area contributed by atoms with Crippen molar-refractivity contribution in [1.82, 2.24) is 5.32 Å². The van der Waals surface area contributed by atoms with Gasteiger partial charge < -0.3 is 19.9 Å². The number of carbonyl (C=O) groups excluding carboxylic acids is 1. The maximum Gasteiger partial charge on any atom is 0.287 e. The molecular formula is C9H12ClNO4. The topological polar surface area (TPSA) is 82.7 Å². The van der Waals surface area contributed by atoms with Gasteiger partial charge in [-0.25, -0.2) is 0 Å². The van der Waals surface area contributed by atoms with Crippen LogP contribution in [0.5, 0.6) is 0 Å². The SMILES string of the molecule is CC(CO)(CO)NC(=O)c1ccc(Cl)o1. The highest BCUT2D eigenvalue weighted by Gasteiger charge is 2.26. The van der Waals surface area contributed by atoms with Gasteiger partial charge >= 0.3 is 0 Å². The van der Waals surface area contributed by atoms with Gasteiger partial charge in [-0.1, -0.05) is 0 Å². The Labute approximate surface area is 91.7 Å². The minimum atomic E-state index is -1.07. The zero-order valence-electron chi connectivity index (χ0n) is 8.16. The van der Waals surface area contributed by atoms with Crippen LogP contribution in [0, 0.1) is 0 Å². The summed E-state index contributed by atoms with van der Waals surface area (Å²) in [5, 5.41) is 20.4. The van der Waals surface area contributed by atoms with Crippen molar-refractivity contribution in [1.29, 1.82) is 0 Å². The smallest absolute Gasteiger partial charge is 0.287 e. The first kappa shape index (κ1) is 12.0. The van der Waals surface area contributed by atoms with Gasteiger partial charge in [0.05, 0.1) is 18.8 Å². The van der Waals surface area contributed by atoms with Crippen molar-refractivity contribution in [3.8, 4) is 0 Å². The zero-order valence-corrected chi connectivity index (χ0v) is 8.91. The van der Waals surface area contributed by atoms with Crippen LogP contribution < -0.4 is 5.32 Å². The quantitative estimate of drug-likeness (QED) is 0.703. The third-order valence-corrected chi connectivity index (χ3v) is 2.11. The zero-order chi connectivity index (χ0) is 11.5. The number of aliphatic hydroxyl groups excluding tert-OH is 2. The van der Waals surface area contributed by atoms with Crippen LogP contribution in [0.4, 0.5) is 0 Å². The Morgan fingerprint density at radius 3 is 2.53 bits per heavy atom. The minimum absolute atomic E-state index is 0.0353. The summed E-state index contributed by atoms with van der Waals surface area (Å²) in [6, 6.07) is 2.85. The molecule has 1 rings (SSSR count). The van der Waals surface area contributed by atoms with E-state index in [1.165, 1.54) is 19.1 Å². The lowest BCUT2D eigenvalue weighted by molar-refractivity contribution is 0.0700. The molecule has 0 spiro atoms. The van der Waals surface area contributed by atoms with Crippen molar-refractivity contribution in [3.05, 3.63) is 23.1 Å². The van der Waals surface area contributed by atoms with Crippen LogP contribution in [0.25, 0.3) is 0 Å². The predicted molar refractivity (Wildman–Crippen MR) is 53.8 cm³/mol. The monoisotopic (exact) mass is 233 g/mol. The fourth-order valence-electron chi connectivity index (χ4n) is 0.901. The molecule has 1 aromatic rings. The van der Waals surface area contributed by atoms with Gasteiger partial charge in [-0.3, -0.25) is 4.79 Å². The van der Waals surface area contributed by atoms with Crippen LogP contribution in [0.15, 0.2) is 16.5 Å². The summed E-state index contributed by atoms with van der Waals surface area (Å²) in [4.78, 5) is 11.5. The van der Waals surface area contributed by atoms with Crippen molar-refractivity contribution >= 4 is 17.5 Å². The summed E-state index contributed by atoms with van der Waals surface area (Å²) in [5.74, 6) is -0.499.